The molecule has 0 aliphatic rings. The third-order valence-electron chi connectivity index (χ3n) is 3.88. The second-order valence-corrected chi connectivity index (χ2v) is 5.71. The van der Waals surface area contributed by atoms with Gasteiger partial charge in [-0.15, -0.1) is 10.2 Å². The van der Waals surface area contributed by atoms with E-state index in [4.69, 9.17) is 9.47 Å². The standard InChI is InChI=1S/C19H22N4O3/c1-4-25-15-10-9-14(12-16(15)26-5-2)19(24)20-13(3)18-22-21-17-8-6-7-11-23(17)18/h6-13H,4-5H2,1-3H3,(H,20,24). The Kier molecular flexibility index (Phi) is 5.36. The lowest BCUT2D eigenvalue weighted by atomic mass is 10.1. The molecule has 1 atom stereocenters. The van der Waals surface area contributed by atoms with Gasteiger partial charge in [-0.2, -0.15) is 0 Å². The molecule has 7 heteroatoms. The van der Waals surface area contributed by atoms with Crippen molar-refractivity contribution < 1.29 is 14.3 Å². The molecule has 1 amide bonds. The van der Waals surface area contributed by atoms with Gasteiger partial charge in [-0.05, 0) is 51.1 Å². The van der Waals surface area contributed by atoms with Gasteiger partial charge in [0.1, 0.15) is 0 Å². The third kappa shape index (κ3) is 3.61. The van der Waals surface area contributed by atoms with E-state index < -0.39 is 0 Å². The van der Waals surface area contributed by atoms with E-state index in [1.54, 1.807) is 18.2 Å². The number of benzene rings is 1. The fourth-order valence-electron chi connectivity index (χ4n) is 2.69. The number of fused-ring (bicyclic) bond motifs is 1. The van der Waals surface area contributed by atoms with Gasteiger partial charge in [0, 0.05) is 11.8 Å². The Balaban J connectivity index is 1.79. The monoisotopic (exact) mass is 354 g/mol. The van der Waals surface area contributed by atoms with Gasteiger partial charge in [-0.1, -0.05) is 6.07 Å². The lowest BCUT2D eigenvalue weighted by Crippen LogP contribution is -2.28. The Bertz CT molecular complexity index is 907. The quantitative estimate of drug-likeness (QED) is 0.706. The van der Waals surface area contributed by atoms with Crippen LogP contribution < -0.4 is 14.8 Å². The van der Waals surface area contributed by atoms with Crippen LogP contribution in [0.25, 0.3) is 5.65 Å². The highest BCUT2D eigenvalue weighted by Gasteiger charge is 2.18. The van der Waals surface area contributed by atoms with Gasteiger partial charge in [0.25, 0.3) is 5.91 Å². The van der Waals surface area contributed by atoms with Crippen LogP contribution in [0, 0.1) is 0 Å². The molecule has 0 aliphatic heterocycles. The maximum Gasteiger partial charge on any atom is 0.252 e. The predicted molar refractivity (Wildman–Crippen MR) is 97.6 cm³/mol. The van der Waals surface area contributed by atoms with Crippen molar-refractivity contribution in [1.29, 1.82) is 0 Å². The highest BCUT2D eigenvalue weighted by Crippen LogP contribution is 2.28. The summed E-state index contributed by atoms with van der Waals surface area (Å²) in [5, 5.41) is 11.2. The highest BCUT2D eigenvalue weighted by atomic mass is 16.5. The van der Waals surface area contributed by atoms with Gasteiger partial charge in [0.2, 0.25) is 0 Å². The molecule has 1 aromatic carbocycles. The van der Waals surface area contributed by atoms with Crippen molar-refractivity contribution in [2.45, 2.75) is 26.8 Å². The Hall–Kier alpha value is -3.09. The van der Waals surface area contributed by atoms with Crippen molar-refractivity contribution in [2.24, 2.45) is 0 Å². The number of carbonyl (C=O) groups excluding carboxylic acids is 1. The Morgan fingerprint density at radius 2 is 1.88 bits per heavy atom. The van der Waals surface area contributed by atoms with E-state index in [2.05, 4.69) is 15.5 Å². The zero-order chi connectivity index (χ0) is 18.5. The first-order valence-corrected chi connectivity index (χ1v) is 8.64. The summed E-state index contributed by atoms with van der Waals surface area (Å²) in [4.78, 5) is 12.6. The van der Waals surface area contributed by atoms with Crippen molar-refractivity contribution in [2.75, 3.05) is 13.2 Å². The molecule has 3 aromatic rings. The van der Waals surface area contributed by atoms with Gasteiger partial charge in [0.15, 0.2) is 23.0 Å². The van der Waals surface area contributed by atoms with Gasteiger partial charge < -0.3 is 14.8 Å². The van der Waals surface area contributed by atoms with Gasteiger partial charge >= 0.3 is 0 Å². The molecule has 3 rings (SSSR count). The molecular weight excluding hydrogens is 332 g/mol. The zero-order valence-corrected chi connectivity index (χ0v) is 15.1. The summed E-state index contributed by atoms with van der Waals surface area (Å²) in [5.74, 6) is 1.64. The topological polar surface area (TPSA) is 77.8 Å². The maximum absolute atomic E-state index is 12.6. The van der Waals surface area contributed by atoms with E-state index in [1.165, 1.54) is 0 Å². The molecule has 26 heavy (non-hydrogen) atoms. The average molecular weight is 354 g/mol. The van der Waals surface area contributed by atoms with Gasteiger partial charge in [0.05, 0.1) is 19.3 Å². The van der Waals surface area contributed by atoms with Crippen LogP contribution >= 0.6 is 0 Å². The van der Waals surface area contributed by atoms with Crippen molar-refractivity contribution in [3.05, 3.63) is 54.0 Å². The number of hydrogen-bond acceptors (Lipinski definition) is 5. The van der Waals surface area contributed by atoms with Crippen LogP contribution in [0.15, 0.2) is 42.6 Å². The predicted octanol–water partition coefficient (Wildman–Crippen LogP) is 3.02. The van der Waals surface area contributed by atoms with Crippen LogP contribution in [0.1, 0.15) is 43.0 Å². The lowest BCUT2D eigenvalue weighted by molar-refractivity contribution is 0.0937. The van der Waals surface area contributed by atoms with Gasteiger partial charge in [-0.25, -0.2) is 0 Å². The van der Waals surface area contributed by atoms with Crippen molar-refractivity contribution in [3.63, 3.8) is 0 Å². The second-order valence-electron chi connectivity index (χ2n) is 5.71. The van der Waals surface area contributed by atoms with Crippen LogP contribution in [0.4, 0.5) is 0 Å². The summed E-state index contributed by atoms with van der Waals surface area (Å²) in [6.07, 6.45) is 1.87. The fraction of sp³-hybridized carbons (Fsp3) is 0.316. The summed E-state index contributed by atoms with van der Waals surface area (Å²) in [6, 6.07) is 10.5. The molecule has 1 unspecified atom stereocenters. The maximum atomic E-state index is 12.6. The van der Waals surface area contributed by atoms with E-state index in [1.807, 2.05) is 49.6 Å². The van der Waals surface area contributed by atoms with Crippen molar-refractivity contribution in [1.82, 2.24) is 19.9 Å². The first-order chi connectivity index (χ1) is 12.6. The van der Waals surface area contributed by atoms with Crippen LogP contribution in [-0.4, -0.2) is 33.7 Å². The number of pyridine rings is 1. The van der Waals surface area contributed by atoms with Crippen molar-refractivity contribution >= 4 is 11.6 Å². The van der Waals surface area contributed by atoms with Crippen molar-refractivity contribution in [3.8, 4) is 11.5 Å². The molecule has 0 spiro atoms. The number of amides is 1. The van der Waals surface area contributed by atoms with E-state index in [0.29, 0.717) is 36.1 Å². The fourth-order valence-corrected chi connectivity index (χ4v) is 2.69. The summed E-state index contributed by atoms with van der Waals surface area (Å²) in [7, 11) is 0. The molecule has 0 aliphatic carbocycles. The number of carbonyl (C=O) groups is 1. The number of aromatic nitrogens is 3. The Morgan fingerprint density at radius 3 is 2.65 bits per heavy atom. The molecule has 0 saturated carbocycles. The van der Waals surface area contributed by atoms with E-state index >= 15 is 0 Å². The minimum atomic E-state index is -0.304. The first-order valence-electron chi connectivity index (χ1n) is 8.64. The number of ether oxygens (including phenoxy) is 2. The van der Waals surface area contributed by atoms with Crippen LogP contribution in [-0.2, 0) is 0 Å². The molecule has 0 fully saturated rings. The normalized spacial score (nSPS) is 12.0. The van der Waals surface area contributed by atoms with Crippen LogP contribution in [0.2, 0.25) is 0 Å². The molecular formula is C19H22N4O3. The second kappa shape index (κ2) is 7.86. The average Bonchev–Trinajstić information content (AvgIpc) is 3.07. The summed E-state index contributed by atoms with van der Waals surface area (Å²) in [5.41, 5.74) is 1.24. The molecule has 2 aromatic heterocycles. The molecule has 0 saturated heterocycles. The van der Waals surface area contributed by atoms with Crippen LogP contribution in [0.5, 0.6) is 11.5 Å². The molecule has 1 N–H and O–H groups in total. The molecule has 136 valence electrons. The Morgan fingerprint density at radius 1 is 1.12 bits per heavy atom. The Labute approximate surface area is 152 Å². The van der Waals surface area contributed by atoms with E-state index in [9.17, 15) is 4.79 Å². The van der Waals surface area contributed by atoms with E-state index in [0.717, 1.165) is 5.65 Å². The molecule has 7 nitrogen and oxygen atoms in total. The number of hydrogen-bond donors (Lipinski definition) is 1. The third-order valence-corrected chi connectivity index (χ3v) is 3.88. The molecule has 0 radical (unpaired) electrons. The summed E-state index contributed by atoms with van der Waals surface area (Å²) in [6.45, 7) is 6.69. The largest absolute Gasteiger partial charge is 0.490 e. The zero-order valence-electron chi connectivity index (χ0n) is 15.1. The number of nitrogens with one attached hydrogen (secondary N) is 1. The lowest BCUT2D eigenvalue weighted by Gasteiger charge is -2.15. The van der Waals surface area contributed by atoms with E-state index in [-0.39, 0.29) is 11.9 Å². The highest BCUT2D eigenvalue weighted by molar-refractivity contribution is 5.95. The summed E-state index contributed by atoms with van der Waals surface area (Å²) < 4.78 is 13.0. The molecule has 2 heterocycles. The first kappa shape index (κ1) is 17.7. The minimum absolute atomic E-state index is 0.214. The SMILES string of the molecule is CCOc1ccc(C(=O)NC(C)c2nnc3ccccn23)cc1OCC. The molecule has 0 bridgehead atoms. The summed E-state index contributed by atoms with van der Waals surface area (Å²) >= 11 is 0. The minimum Gasteiger partial charge on any atom is -0.490 e. The van der Waals surface area contributed by atoms with Crippen LogP contribution in [0.3, 0.4) is 0 Å². The van der Waals surface area contributed by atoms with Gasteiger partial charge in [-0.3, -0.25) is 9.20 Å². The number of nitrogens with zero attached hydrogens (tertiary/aromatic N) is 3. The smallest absolute Gasteiger partial charge is 0.252 e. The number of rotatable bonds is 7.